The number of rotatable bonds is 7. The number of nitrogens with zero attached hydrogens (tertiary/aromatic N) is 2. The molecule has 2 aromatic rings. The first-order chi connectivity index (χ1) is 12.5. The van der Waals surface area contributed by atoms with E-state index in [4.69, 9.17) is 4.74 Å². The van der Waals surface area contributed by atoms with Crippen molar-refractivity contribution in [2.75, 3.05) is 6.61 Å². The Bertz CT molecular complexity index is 895. The summed E-state index contributed by atoms with van der Waals surface area (Å²) >= 11 is 0. The van der Waals surface area contributed by atoms with Gasteiger partial charge in [-0.2, -0.15) is 4.31 Å². The van der Waals surface area contributed by atoms with Gasteiger partial charge >= 0.3 is 0 Å². The zero-order valence-corrected chi connectivity index (χ0v) is 14.7. The van der Waals surface area contributed by atoms with E-state index >= 15 is 0 Å². The molecule has 0 unspecified atom stereocenters. The average Bonchev–Trinajstić information content (AvgIpc) is 2.91. The third-order valence-electron chi connectivity index (χ3n) is 4.06. The summed E-state index contributed by atoms with van der Waals surface area (Å²) in [6.45, 7) is 0.765. The van der Waals surface area contributed by atoms with Crippen molar-refractivity contribution in [3.63, 3.8) is 0 Å². The van der Waals surface area contributed by atoms with E-state index in [1.165, 1.54) is 21.8 Å². The molecule has 0 N–H and O–H groups in total. The van der Waals surface area contributed by atoms with Gasteiger partial charge in [-0.3, -0.25) is 10.1 Å². The molecule has 0 bridgehead atoms. The highest BCUT2D eigenvalue weighted by molar-refractivity contribution is 7.92. The molecule has 1 heterocycles. The van der Waals surface area contributed by atoms with E-state index < -0.39 is 21.0 Å². The molecular formula is C18H18N2O5S. The topological polar surface area (TPSA) is 89.8 Å². The summed E-state index contributed by atoms with van der Waals surface area (Å²) in [5.41, 5.74) is 1.66. The molecule has 1 atom stereocenters. The van der Waals surface area contributed by atoms with Gasteiger partial charge in [-0.15, -0.1) is 0 Å². The van der Waals surface area contributed by atoms with Gasteiger partial charge < -0.3 is 4.74 Å². The van der Waals surface area contributed by atoms with Crippen molar-refractivity contribution in [1.82, 2.24) is 4.31 Å². The van der Waals surface area contributed by atoms with E-state index in [1.807, 2.05) is 30.3 Å². The summed E-state index contributed by atoms with van der Waals surface area (Å²) in [7, 11) is -3.52. The molecule has 0 radical (unpaired) electrons. The minimum absolute atomic E-state index is 0.0288. The fourth-order valence-electron chi connectivity index (χ4n) is 2.67. The molecule has 3 rings (SSSR count). The molecule has 0 spiro atoms. The second kappa shape index (κ2) is 7.77. The molecule has 136 valence electrons. The first-order valence-electron chi connectivity index (χ1n) is 8.01. The highest BCUT2D eigenvalue weighted by atomic mass is 32.2. The zero-order valence-electron chi connectivity index (χ0n) is 13.9. The molecule has 0 aromatic heterocycles. The van der Waals surface area contributed by atoms with Crippen molar-refractivity contribution in [1.29, 1.82) is 0 Å². The number of ether oxygens (including phenoxy) is 1. The van der Waals surface area contributed by atoms with Crippen LogP contribution in [-0.4, -0.2) is 30.3 Å². The first kappa shape index (κ1) is 18.2. The van der Waals surface area contributed by atoms with Gasteiger partial charge in [-0.05, 0) is 11.1 Å². The number of nitro groups is 1. The van der Waals surface area contributed by atoms with Crippen LogP contribution in [0.3, 0.4) is 0 Å². The Morgan fingerprint density at radius 1 is 1.04 bits per heavy atom. The van der Waals surface area contributed by atoms with Crippen LogP contribution in [0, 0.1) is 10.1 Å². The minimum atomic E-state index is -3.52. The van der Waals surface area contributed by atoms with Crippen molar-refractivity contribution in [2.45, 2.75) is 19.2 Å². The Kier molecular flexibility index (Phi) is 5.46. The van der Waals surface area contributed by atoms with Gasteiger partial charge in [0.15, 0.2) is 0 Å². The van der Waals surface area contributed by atoms with Crippen LogP contribution in [0.15, 0.2) is 66.1 Å². The molecule has 1 aliphatic heterocycles. The molecule has 8 heteroatoms. The van der Waals surface area contributed by atoms with E-state index in [1.54, 1.807) is 18.2 Å². The van der Waals surface area contributed by atoms with Crippen LogP contribution in [0.4, 0.5) is 5.69 Å². The van der Waals surface area contributed by atoms with E-state index in [0.29, 0.717) is 12.2 Å². The largest absolute Gasteiger partial charge is 0.375 e. The van der Waals surface area contributed by atoms with Crippen LogP contribution in [-0.2, 0) is 27.9 Å². The quantitative estimate of drug-likeness (QED) is 0.549. The summed E-state index contributed by atoms with van der Waals surface area (Å²) < 4.78 is 31.5. The first-order valence-corrected chi connectivity index (χ1v) is 9.51. The number of benzene rings is 2. The molecule has 2 aromatic carbocycles. The Labute approximate surface area is 151 Å². The molecule has 7 nitrogen and oxygen atoms in total. The number of hydrogen-bond acceptors (Lipinski definition) is 5. The maximum absolute atomic E-state index is 12.3. The summed E-state index contributed by atoms with van der Waals surface area (Å²) in [6.07, 6.45) is 1.60. The van der Waals surface area contributed by atoms with Gasteiger partial charge in [-0.1, -0.05) is 48.5 Å². The lowest BCUT2D eigenvalue weighted by molar-refractivity contribution is -0.384. The molecule has 0 fully saturated rings. The SMILES string of the molecule is O=[N+]([O-])c1ccc(CN2[C@H](COCc3ccccc3)C=CS2(=O)=O)cc1. The van der Waals surface area contributed by atoms with Crippen molar-refractivity contribution >= 4 is 15.7 Å². The number of sulfonamides is 1. The highest BCUT2D eigenvalue weighted by Crippen LogP contribution is 2.23. The molecular weight excluding hydrogens is 356 g/mol. The van der Waals surface area contributed by atoms with E-state index in [9.17, 15) is 18.5 Å². The lowest BCUT2D eigenvalue weighted by Gasteiger charge is -2.23. The molecule has 26 heavy (non-hydrogen) atoms. The van der Waals surface area contributed by atoms with E-state index in [0.717, 1.165) is 5.56 Å². The molecule has 1 aliphatic rings. The van der Waals surface area contributed by atoms with Crippen LogP contribution >= 0.6 is 0 Å². The van der Waals surface area contributed by atoms with Crippen LogP contribution in [0.1, 0.15) is 11.1 Å². The Morgan fingerprint density at radius 3 is 2.38 bits per heavy atom. The van der Waals surface area contributed by atoms with Crippen LogP contribution in [0.5, 0.6) is 0 Å². The maximum atomic E-state index is 12.3. The monoisotopic (exact) mass is 374 g/mol. The third-order valence-corrected chi connectivity index (χ3v) is 5.61. The van der Waals surface area contributed by atoms with Gasteiger partial charge in [-0.25, -0.2) is 8.42 Å². The maximum Gasteiger partial charge on any atom is 0.269 e. The normalized spacial score (nSPS) is 18.8. The van der Waals surface area contributed by atoms with Gasteiger partial charge in [0.25, 0.3) is 5.69 Å². The lowest BCUT2D eigenvalue weighted by Crippen LogP contribution is -2.36. The zero-order chi connectivity index (χ0) is 18.6. The Balaban J connectivity index is 1.64. The number of non-ortho nitro benzene ring substituents is 1. The lowest BCUT2D eigenvalue weighted by atomic mass is 10.2. The third kappa shape index (κ3) is 4.34. The second-order valence-electron chi connectivity index (χ2n) is 5.91. The van der Waals surface area contributed by atoms with Crippen molar-refractivity contribution in [3.05, 3.63) is 87.3 Å². The molecule has 0 saturated heterocycles. The smallest absolute Gasteiger partial charge is 0.269 e. The van der Waals surface area contributed by atoms with Crippen LogP contribution in [0.25, 0.3) is 0 Å². The highest BCUT2D eigenvalue weighted by Gasteiger charge is 2.32. The van der Waals surface area contributed by atoms with Gasteiger partial charge in [0.1, 0.15) is 0 Å². The van der Waals surface area contributed by atoms with Crippen LogP contribution < -0.4 is 0 Å². The van der Waals surface area contributed by atoms with Gasteiger partial charge in [0, 0.05) is 24.1 Å². The van der Waals surface area contributed by atoms with Crippen LogP contribution in [0.2, 0.25) is 0 Å². The molecule has 0 amide bonds. The number of hydrogen-bond donors (Lipinski definition) is 0. The van der Waals surface area contributed by atoms with Crippen molar-refractivity contribution in [3.8, 4) is 0 Å². The molecule has 0 saturated carbocycles. The average molecular weight is 374 g/mol. The summed E-state index contributed by atoms with van der Waals surface area (Å²) in [5, 5.41) is 11.9. The van der Waals surface area contributed by atoms with Gasteiger partial charge in [0.2, 0.25) is 10.0 Å². The van der Waals surface area contributed by atoms with E-state index in [2.05, 4.69) is 0 Å². The van der Waals surface area contributed by atoms with Crippen molar-refractivity contribution < 1.29 is 18.1 Å². The summed E-state index contributed by atoms with van der Waals surface area (Å²) in [6, 6.07) is 15.1. The predicted molar refractivity (Wildman–Crippen MR) is 96.6 cm³/mol. The fraction of sp³-hybridized carbons (Fsp3) is 0.222. The molecule has 0 aliphatic carbocycles. The Morgan fingerprint density at radius 2 is 1.73 bits per heavy atom. The predicted octanol–water partition coefficient (Wildman–Crippen LogP) is 2.84. The fourth-order valence-corrected chi connectivity index (χ4v) is 4.05. The van der Waals surface area contributed by atoms with E-state index in [-0.39, 0.29) is 18.8 Å². The summed E-state index contributed by atoms with van der Waals surface area (Å²) in [5.74, 6) is 0. The number of nitro benzene ring substituents is 1. The summed E-state index contributed by atoms with van der Waals surface area (Å²) in [4.78, 5) is 10.2. The van der Waals surface area contributed by atoms with Crippen molar-refractivity contribution in [2.24, 2.45) is 0 Å². The Hall–Kier alpha value is -2.55. The second-order valence-corrected chi connectivity index (χ2v) is 7.68. The minimum Gasteiger partial charge on any atom is -0.375 e. The van der Waals surface area contributed by atoms with Gasteiger partial charge in [0.05, 0.1) is 24.2 Å². The standard InChI is InChI=1S/C18H18N2O5S/c21-20(22)17-8-6-15(7-9-17)12-19-18(10-11-26(19,23)24)14-25-13-16-4-2-1-3-5-16/h1-11,18H,12-14H2/t18-/m0/s1.